The van der Waals surface area contributed by atoms with Gasteiger partial charge in [0.15, 0.2) is 6.61 Å². The SMILES string of the molecule is O=C1COc2cc(OCc3cnoc3)ccc21. The summed E-state index contributed by atoms with van der Waals surface area (Å²) in [6.07, 6.45) is 3.11. The van der Waals surface area contributed by atoms with Gasteiger partial charge in [-0.25, -0.2) is 0 Å². The summed E-state index contributed by atoms with van der Waals surface area (Å²) in [7, 11) is 0. The summed E-state index contributed by atoms with van der Waals surface area (Å²) < 4.78 is 15.4. The zero-order valence-electron chi connectivity index (χ0n) is 8.88. The van der Waals surface area contributed by atoms with Gasteiger partial charge in [-0.05, 0) is 12.1 Å². The van der Waals surface area contributed by atoms with E-state index >= 15 is 0 Å². The lowest BCUT2D eigenvalue weighted by molar-refractivity contribution is 0.0961. The van der Waals surface area contributed by atoms with Crippen LogP contribution < -0.4 is 9.47 Å². The molecule has 1 aliphatic heterocycles. The molecule has 0 atom stereocenters. The van der Waals surface area contributed by atoms with Crippen molar-refractivity contribution in [2.24, 2.45) is 0 Å². The van der Waals surface area contributed by atoms with Crippen molar-refractivity contribution in [3.05, 3.63) is 41.8 Å². The summed E-state index contributed by atoms with van der Waals surface area (Å²) >= 11 is 0. The number of carbonyl (C=O) groups is 1. The topological polar surface area (TPSA) is 61.6 Å². The van der Waals surface area contributed by atoms with E-state index < -0.39 is 0 Å². The first-order valence-electron chi connectivity index (χ1n) is 5.14. The molecule has 2 aromatic rings. The zero-order valence-corrected chi connectivity index (χ0v) is 8.88. The molecule has 3 rings (SSSR count). The normalized spacial score (nSPS) is 13.3. The number of hydrogen-bond acceptors (Lipinski definition) is 5. The summed E-state index contributed by atoms with van der Waals surface area (Å²) in [5, 5.41) is 3.58. The van der Waals surface area contributed by atoms with Crippen LogP contribution in [0.5, 0.6) is 11.5 Å². The van der Waals surface area contributed by atoms with E-state index in [0.717, 1.165) is 5.56 Å². The zero-order chi connectivity index (χ0) is 11.7. The van der Waals surface area contributed by atoms with Crippen LogP contribution >= 0.6 is 0 Å². The second-order valence-corrected chi connectivity index (χ2v) is 3.69. The van der Waals surface area contributed by atoms with Crippen molar-refractivity contribution in [2.45, 2.75) is 6.61 Å². The number of benzene rings is 1. The molecule has 5 heteroatoms. The number of nitrogens with zero attached hydrogens (tertiary/aromatic N) is 1. The maximum absolute atomic E-state index is 11.3. The Bertz CT molecular complexity index is 548. The van der Waals surface area contributed by atoms with Crippen molar-refractivity contribution in [3.63, 3.8) is 0 Å². The maximum atomic E-state index is 11.3. The summed E-state index contributed by atoms with van der Waals surface area (Å²) in [6.45, 7) is 0.487. The van der Waals surface area contributed by atoms with Crippen LogP contribution in [0.4, 0.5) is 0 Å². The van der Waals surface area contributed by atoms with Gasteiger partial charge in [0.1, 0.15) is 24.4 Å². The molecule has 1 aliphatic rings. The lowest BCUT2D eigenvalue weighted by atomic mass is 10.1. The fourth-order valence-electron chi connectivity index (χ4n) is 1.63. The van der Waals surface area contributed by atoms with Crippen LogP contribution in [-0.4, -0.2) is 17.5 Å². The van der Waals surface area contributed by atoms with E-state index in [1.165, 1.54) is 6.26 Å². The lowest BCUT2D eigenvalue weighted by Crippen LogP contribution is -1.98. The summed E-state index contributed by atoms with van der Waals surface area (Å²) in [5.41, 5.74) is 1.46. The fourth-order valence-corrected chi connectivity index (χ4v) is 1.63. The van der Waals surface area contributed by atoms with E-state index in [1.54, 1.807) is 24.4 Å². The Morgan fingerprint density at radius 1 is 1.41 bits per heavy atom. The van der Waals surface area contributed by atoms with Gasteiger partial charge in [0.2, 0.25) is 5.78 Å². The Morgan fingerprint density at radius 3 is 3.18 bits per heavy atom. The van der Waals surface area contributed by atoms with Gasteiger partial charge < -0.3 is 14.0 Å². The standard InChI is InChI=1S/C12H9NO4/c14-11-7-16-12-3-9(1-2-10(11)12)15-5-8-4-13-17-6-8/h1-4,6H,5,7H2. The molecule has 0 bridgehead atoms. The third-order valence-electron chi connectivity index (χ3n) is 2.50. The Hall–Kier alpha value is -2.30. The second kappa shape index (κ2) is 3.93. The lowest BCUT2D eigenvalue weighted by Gasteiger charge is -2.05. The number of carbonyl (C=O) groups excluding carboxylic acids is 1. The van der Waals surface area contributed by atoms with Crippen LogP contribution in [0.3, 0.4) is 0 Å². The molecule has 2 heterocycles. The molecule has 5 nitrogen and oxygen atoms in total. The van der Waals surface area contributed by atoms with Gasteiger partial charge in [-0.15, -0.1) is 0 Å². The molecule has 17 heavy (non-hydrogen) atoms. The number of hydrogen-bond donors (Lipinski definition) is 0. The molecule has 0 saturated carbocycles. The summed E-state index contributed by atoms with van der Waals surface area (Å²) in [4.78, 5) is 11.3. The quantitative estimate of drug-likeness (QED) is 0.806. The third-order valence-corrected chi connectivity index (χ3v) is 2.50. The van der Waals surface area contributed by atoms with Crippen molar-refractivity contribution in [2.75, 3.05) is 6.61 Å². The minimum Gasteiger partial charge on any atom is -0.489 e. The molecular formula is C12H9NO4. The highest BCUT2D eigenvalue weighted by atomic mass is 16.5. The van der Waals surface area contributed by atoms with Gasteiger partial charge in [0.05, 0.1) is 11.8 Å². The van der Waals surface area contributed by atoms with Crippen molar-refractivity contribution in [3.8, 4) is 11.5 Å². The molecule has 0 fully saturated rings. The maximum Gasteiger partial charge on any atom is 0.203 e. The van der Waals surface area contributed by atoms with E-state index in [0.29, 0.717) is 23.7 Å². The molecule has 86 valence electrons. The monoisotopic (exact) mass is 231 g/mol. The minimum absolute atomic E-state index is 0.00517. The van der Waals surface area contributed by atoms with Crippen LogP contribution in [-0.2, 0) is 6.61 Å². The van der Waals surface area contributed by atoms with Crippen LogP contribution in [0.15, 0.2) is 35.2 Å². The van der Waals surface area contributed by atoms with Gasteiger partial charge in [-0.3, -0.25) is 4.79 Å². The molecule has 0 aliphatic carbocycles. The molecule has 1 aromatic carbocycles. The smallest absolute Gasteiger partial charge is 0.203 e. The number of ketones is 1. The van der Waals surface area contributed by atoms with Gasteiger partial charge in [0, 0.05) is 11.6 Å². The Kier molecular flexibility index (Phi) is 2.29. The molecule has 0 spiro atoms. The highest BCUT2D eigenvalue weighted by Crippen LogP contribution is 2.29. The van der Waals surface area contributed by atoms with Crippen LogP contribution in [0.25, 0.3) is 0 Å². The van der Waals surface area contributed by atoms with Crippen molar-refractivity contribution >= 4 is 5.78 Å². The minimum atomic E-state index is 0.00517. The molecular weight excluding hydrogens is 222 g/mol. The first kappa shape index (κ1) is 9.89. The van der Waals surface area contributed by atoms with Crippen LogP contribution in [0, 0.1) is 0 Å². The molecule has 0 N–H and O–H groups in total. The van der Waals surface area contributed by atoms with E-state index in [2.05, 4.69) is 5.16 Å². The van der Waals surface area contributed by atoms with Crippen molar-refractivity contribution in [1.29, 1.82) is 0 Å². The number of aromatic nitrogens is 1. The van der Waals surface area contributed by atoms with Gasteiger partial charge in [-0.2, -0.15) is 0 Å². The number of rotatable bonds is 3. The van der Waals surface area contributed by atoms with Gasteiger partial charge in [-0.1, -0.05) is 5.16 Å². The van der Waals surface area contributed by atoms with E-state index in [1.807, 2.05) is 0 Å². The van der Waals surface area contributed by atoms with E-state index in [9.17, 15) is 4.79 Å². The van der Waals surface area contributed by atoms with Gasteiger partial charge in [0.25, 0.3) is 0 Å². The molecule has 0 saturated heterocycles. The van der Waals surface area contributed by atoms with Gasteiger partial charge >= 0.3 is 0 Å². The van der Waals surface area contributed by atoms with Crippen LogP contribution in [0.2, 0.25) is 0 Å². The molecule has 1 aromatic heterocycles. The van der Waals surface area contributed by atoms with E-state index in [4.69, 9.17) is 14.0 Å². The average molecular weight is 231 g/mol. The summed E-state index contributed by atoms with van der Waals surface area (Å²) in [6, 6.07) is 5.18. The van der Waals surface area contributed by atoms with E-state index in [-0.39, 0.29) is 12.4 Å². The third kappa shape index (κ3) is 1.87. The first-order chi connectivity index (χ1) is 8.33. The fraction of sp³-hybridized carbons (Fsp3) is 0.167. The average Bonchev–Trinajstić information content (AvgIpc) is 2.97. The summed E-state index contributed by atoms with van der Waals surface area (Å²) in [5.74, 6) is 1.24. The Labute approximate surface area is 96.9 Å². The number of Topliss-reactive ketones (excluding diaryl/α,β-unsaturated/α-hetero) is 1. The molecule has 0 unspecified atom stereocenters. The number of fused-ring (bicyclic) bond motifs is 1. The Morgan fingerprint density at radius 2 is 2.35 bits per heavy atom. The highest BCUT2D eigenvalue weighted by molar-refractivity contribution is 6.02. The second-order valence-electron chi connectivity index (χ2n) is 3.69. The first-order valence-corrected chi connectivity index (χ1v) is 5.14. The molecule has 0 radical (unpaired) electrons. The number of ether oxygens (including phenoxy) is 2. The highest BCUT2D eigenvalue weighted by Gasteiger charge is 2.21. The van der Waals surface area contributed by atoms with Crippen molar-refractivity contribution in [1.82, 2.24) is 5.16 Å². The Balaban J connectivity index is 1.74. The van der Waals surface area contributed by atoms with Crippen molar-refractivity contribution < 1.29 is 18.8 Å². The predicted molar refractivity (Wildman–Crippen MR) is 57.1 cm³/mol. The largest absolute Gasteiger partial charge is 0.489 e. The molecule has 0 amide bonds. The van der Waals surface area contributed by atoms with Crippen LogP contribution in [0.1, 0.15) is 15.9 Å². The predicted octanol–water partition coefficient (Wildman–Crippen LogP) is 1.83.